The molecule has 2 heterocycles. The molecule has 1 N–H and O–H groups in total. The van der Waals surface area contributed by atoms with Crippen LogP contribution in [0.4, 0.5) is 5.69 Å². The Morgan fingerprint density at radius 2 is 1.75 bits per heavy atom. The SMILES string of the molecule is Cc1nn(-c2ccc(Cl)cc2)c(Cl)c1/C=N\Nc1ccnc2cc(Cl)ccc12. The van der Waals surface area contributed by atoms with Crippen molar-refractivity contribution in [2.24, 2.45) is 5.10 Å². The number of nitrogens with one attached hydrogen (secondary N) is 1. The van der Waals surface area contributed by atoms with Gasteiger partial charge in [-0.05, 0) is 55.5 Å². The van der Waals surface area contributed by atoms with E-state index in [9.17, 15) is 0 Å². The van der Waals surface area contributed by atoms with Gasteiger partial charge in [0.1, 0.15) is 5.15 Å². The Balaban J connectivity index is 1.62. The molecule has 8 heteroatoms. The van der Waals surface area contributed by atoms with Crippen LogP contribution < -0.4 is 5.43 Å². The number of benzene rings is 2. The lowest BCUT2D eigenvalue weighted by atomic mass is 10.2. The predicted molar refractivity (Wildman–Crippen MR) is 116 cm³/mol. The fraction of sp³-hybridized carbons (Fsp3) is 0.0500. The second-order valence-electron chi connectivity index (χ2n) is 6.07. The van der Waals surface area contributed by atoms with E-state index in [1.807, 2.05) is 43.3 Å². The zero-order valence-electron chi connectivity index (χ0n) is 14.7. The van der Waals surface area contributed by atoms with E-state index >= 15 is 0 Å². The Kier molecular flexibility index (Phi) is 5.22. The first kappa shape index (κ1) is 18.7. The van der Waals surface area contributed by atoms with Gasteiger partial charge in [-0.2, -0.15) is 10.2 Å². The normalized spacial score (nSPS) is 11.4. The molecule has 0 radical (unpaired) electrons. The minimum Gasteiger partial charge on any atom is -0.278 e. The van der Waals surface area contributed by atoms with Gasteiger partial charge in [0.25, 0.3) is 0 Å². The van der Waals surface area contributed by atoms with E-state index in [1.54, 1.807) is 29.2 Å². The van der Waals surface area contributed by atoms with Crippen molar-refractivity contribution in [2.75, 3.05) is 5.43 Å². The van der Waals surface area contributed by atoms with Crippen molar-refractivity contribution in [1.29, 1.82) is 0 Å². The second kappa shape index (κ2) is 7.80. The Bertz CT molecular complexity index is 1180. The lowest BCUT2D eigenvalue weighted by Crippen LogP contribution is -1.96. The number of nitrogens with zero attached hydrogens (tertiary/aromatic N) is 4. The standard InChI is InChI=1S/C20H14Cl3N5/c1-12-17(20(23)28(27-12)15-5-2-13(21)3-6-15)11-25-26-18-8-9-24-19-10-14(22)4-7-16(18)19/h2-11H,1H3,(H,24,26)/b25-11-. The molecule has 5 nitrogen and oxygen atoms in total. The summed E-state index contributed by atoms with van der Waals surface area (Å²) in [5.74, 6) is 0. The molecule has 0 amide bonds. The quantitative estimate of drug-likeness (QED) is 0.313. The van der Waals surface area contributed by atoms with E-state index in [-0.39, 0.29) is 0 Å². The summed E-state index contributed by atoms with van der Waals surface area (Å²) in [6.07, 6.45) is 3.35. The van der Waals surface area contributed by atoms with Crippen molar-refractivity contribution in [1.82, 2.24) is 14.8 Å². The van der Waals surface area contributed by atoms with E-state index in [4.69, 9.17) is 34.8 Å². The van der Waals surface area contributed by atoms with E-state index in [0.717, 1.165) is 33.5 Å². The van der Waals surface area contributed by atoms with Crippen LogP contribution in [-0.4, -0.2) is 21.0 Å². The van der Waals surface area contributed by atoms with Crippen LogP contribution in [0.5, 0.6) is 0 Å². The van der Waals surface area contributed by atoms with Gasteiger partial charge in [-0.15, -0.1) is 0 Å². The summed E-state index contributed by atoms with van der Waals surface area (Å²) in [7, 11) is 0. The average molecular weight is 431 g/mol. The van der Waals surface area contributed by atoms with Crippen molar-refractivity contribution >= 4 is 57.6 Å². The number of halogens is 3. The Morgan fingerprint density at radius 3 is 2.54 bits per heavy atom. The first-order valence-electron chi connectivity index (χ1n) is 8.37. The lowest BCUT2D eigenvalue weighted by Gasteiger charge is -2.05. The van der Waals surface area contributed by atoms with Crippen molar-refractivity contribution in [2.45, 2.75) is 6.92 Å². The summed E-state index contributed by atoms with van der Waals surface area (Å²) in [4.78, 5) is 4.32. The van der Waals surface area contributed by atoms with Crippen LogP contribution in [0, 0.1) is 6.92 Å². The van der Waals surface area contributed by atoms with Crippen LogP contribution in [0.25, 0.3) is 16.6 Å². The summed E-state index contributed by atoms with van der Waals surface area (Å²) in [5.41, 5.74) is 6.96. The fourth-order valence-electron chi connectivity index (χ4n) is 2.80. The Morgan fingerprint density at radius 1 is 1.00 bits per heavy atom. The van der Waals surface area contributed by atoms with Gasteiger partial charge in [0.15, 0.2) is 0 Å². The third-order valence-corrected chi connectivity index (χ3v) is 5.05. The molecule has 4 aromatic rings. The van der Waals surface area contributed by atoms with Crippen molar-refractivity contribution in [3.8, 4) is 5.69 Å². The maximum Gasteiger partial charge on any atom is 0.142 e. The first-order valence-corrected chi connectivity index (χ1v) is 9.51. The molecule has 0 aliphatic heterocycles. The zero-order chi connectivity index (χ0) is 19.7. The molecule has 0 saturated carbocycles. The van der Waals surface area contributed by atoms with Gasteiger partial charge >= 0.3 is 0 Å². The summed E-state index contributed by atoms with van der Waals surface area (Å²) < 4.78 is 1.65. The molecule has 0 bridgehead atoms. The Hall–Kier alpha value is -2.60. The number of anilines is 1. The minimum absolute atomic E-state index is 0.469. The largest absolute Gasteiger partial charge is 0.278 e. The van der Waals surface area contributed by atoms with Gasteiger partial charge in [0.2, 0.25) is 0 Å². The second-order valence-corrected chi connectivity index (χ2v) is 7.30. The maximum atomic E-state index is 6.52. The number of aryl methyl sites for hydroxylation is 1. The molecule has 2 aromatic carbocycles. The molecule has 2 aromatic heterocycles. The van der Waals surface area contributed by atoms with E-state index in [1.165, 1.54) is 0 Å². The van der Waals surface area contributed by atoms with Crippen LogP contribution in [0.1, 0.15) is 11.3 Å². The number of rotatable bonds is 4. The number of aromatic nitrogens is 3. The fourth-order valence-corrected chi connectivity index (χ4v) is 3.41. The zero-order valence-corrected chi connectivity index (χ0v) is 17.0. The highest BCUT2D eigenvalue weighted by atomic mass is 35.5. The summed E-state index contributed by atoms with van der Waals surface area (Å²) in [6.45, 7) is 1.88. The molecule has 0 unspecified atom stereocenters. The summed E-state index contributed by atoms with van der Waals surface area (Å²) >= 11 is 18.5. The van der Waals surface area contributed by atoms with Gasteiger partial charge in [0, 0.05) is 21.6 Å². The minimum atomic E-state index is 0.469. The lowest BCUT2D eigenvalue weighted by molar-refractivity contribution is 0.863. The van der Waals surface area contributed by atoms with E-state index < -0.39 is 0 Å². The first-order chi connectivity index (χ1) is 13.5. The van der Waals surface area contributed by atoms with Crippen LogP contribution in [-0.2, 0) is 0 Å². The number of pyridine rings is 1. The number of fused-ring (bicyclic) bond motifs is 1. The van der Waals surface area contributed by atoms with Gasteiger partial charge in [-0.1, -0.05) is 34.8 Å². The van der Waals surface area contributed by atoms with Crippen LogP contribution in [0.2, 0.25) is 15.2 Å². The topological polar surface area (TPSA) is 55.1 Å². The highest BCUT2D eigenvalue weighted by Crippen LogP contribution is 2.25. The summed E-state index contributed by atoms with van der Waals surface area (Å²) in [6, 6.07) is 14.7. The van der Waals surface area contributed by atoms with Crippen LogP contribution in [0.15, 0.2) is 59.8 Å². The molecule has 0 fully saturated rings. The molecule has 140 valence electrons. The molecule has 4 rings (SSSR count). The molecule has 0 atom stereocenters. The van der Waals surface area contributed by atoms with Gasteiger partial charge in [-0.25, -0.2) is 4.68 Å². The molecular formula is C20H14Cl3N5. The van der Waals surface area contributed by atoms with Crippen molar-refractivity contribution in [3.05, 3.63) is 81.2 Å². The summed E-state index contributed by atoms with van der Waals surface area (Å²) in [5, 5.41) is 11.5. The van der Waals surface area contributed by atoms with Gasteiger partial charge in [0.05, 0.1) is 34.4 Å². The monoisotopic (exact) mass is 429 g/mol. The molecule has 28 heavy (non-hydrogen) atoms. The highest BCUT2D eigenvalue weighted by Gasteiger charge is 2.13. The molecule has 0 aliphatic rings. The third kappa shape index (κ3) is 3.69. The number of hydrogen-bond donors (Lipinski definition) is 1. The van der Waals surface area contributed by atoms with Gasteiger partial charge < -0.3 is 0 Å². The number of hydrazone groups is 1. The van der Waals surface area contributed by atoms with Gasteiger partial charge in [-0.3, -0.25) is 10.4 Å². The maximum absolute atomic E-state index is 6.52. The average Bonchev–Trinajstić information content (AvgIpc) is 2.96. The number of hydrogen-bond acceptors (Lipinski definition) is 4. The third-order valence-electron chi connectivity index (χ3n) is 4.20. The van der Waals surface area contributed by atoms with Crippen molar-refractivity contribution < 1.29 is 0 Å². The highest BCUT2D eigenvalue weighted by molar-refractivity contribution is 6.32. The predicted octanol–water partition coefficient (Wildman–Crippen LogP) is 6.14. The van der Waals surface area contributed by atoms with Crippen LogP contribution >= 0.6 is 34.8 Å². The molecule has 0 spiro atoms. The van der Waals surface area contributed by atoms with E-state index in [0.29, 0.717) is 15.2 Å². The molecule has 0 aliphatic carbocycles. The molecule has 0 saturated heterocycles. The van der Waals surface area contributed by atoms with Crippen molar-refractivity contribution in [3.63, 3.8) is 0 Å². The van der Waals surface area contributed by atoms with E-state index in [2.05, 4.69) is 20.6 Å². The van der Waals surface area contributed by atoms with Crippen LogP contribution in [0.3, 0.4) is 0 Å². The Labute approximate surface area is 176 Å². The smallest absolute Gasteiger partial charge is 0.142 e. The molecular weight excluding hydrogens is 417 g/mol.